The molecule has 6 nitrogen and oxygen atoms in total. The largest absolute Gasteiger partial charge is 0.360 e. The van der Waals surface area contributed by atoms with Crippen LogP contribution in [0.2, 0.25) is 0 Å². The number of nitrogens with one attached hydrogen (secondary N) is 1. The number of para-hydroxylation sites is 1. The van der Waals surface area contributed by atoms with Crippen LogP contribution in [0.25, 0.3) is 0 Å². The Kier molecular flexibility index (Phi) is 3.21. The number of fused-ring (bicyclic) bond motifs is 1. The molecule has 1 atom stereocenters. The molecule has 0 saturated carbocycles. The molecule has 2 amide bonds. The third-order valence-electron chi connectivity index (χ3n) is 3.50. The van der Waals surface area contributed by atoms with Crippen molar-refractivity contribution in [3.05, 3.63) is 41.7 Å². The van der Waals surface area contributed by atoms with E-state index in [0.29, 0.717) is 18.0 Å². The topological polar surface area (TPSA) is 75.4 Å². The van der Waals surface area contributed by atoms with Gasteiger partial charge in [0.2, 0.25) is 11.8 Å². The minimum Gasteiger partial charge on any atom is -0.360 e. The molecule has 1 aliphatic rings. The van der Waals surface area contributed by atoms with Crippen LogP contribution in [0, 0.1) is 6.92 Å². The van der Waals surface area contributed by atoms with E-state index in [1.807, 2.05) is 24.3 Å². The van der Waals surface area contributed by atoms with Gasteiger partial charge in [-0.1, -0.05) is 23.4 Å². The maximum atomic E-state index is 12.4. The number of benzene rings is 1. The zero-order valence-electron chi connectivity index (χ0n) is 11.8. The lowest BCUT2D eigenvalue weighted by Crippen LogP contribution is -2.44. The summed E-state index contributed by atoms with van der Waals surface area (Å²) in [5, 5.41) is 6.42. The minimum atomic E-state index is -0.558. The number of hydrogen-bond acceptors (Lipinski definition) is 4. The number of amides is 2. The number of carbonyl (C=O) groups excluding carboxylic acids is 2. The predicted molar refractivity (Wildman–Crippen MR) is 77.0 cm³/mol. The van der Waals surface area contributed by atoms with Crippen molar-refractivity contribution >= 4 is 23.3 Å². The maximum Gasteiger partial charge on any atom is 0.249 e. The molecule has 2 heterocycles. The van der Waals surface area contributed by atoms with E-state index in [9.17, 15) is 9.59 Å². The van der Waals surface area contributed by atoms with Crippen LogP contribution in [0.1, 0.15) is 18.2 Å². The number of hydrogen-bond donors (Lipinski definition) is 1. The number of anilines is 2. The Morgan fingerprint density at radius 1 is 1.38 bits per heavy atom. The van der Waals surface area contributed by atoms with E-state index in [2.05, 4.69) is 10.5 Å². The molecule has 2 aromatic rings. The summed E-state index contributed by atoms with van der Waals surface area (Å²) in [6.45, 7) is 3.21. The van der Waals surface area contributed by atoms with Gasteiger partial charge in [0, 0.05) is 25.1 Å². The van der Waals surface area contributed by atoms with Gasteiger partial charge < -0.3 is 9.84 Å². The molecule has 0 spiro atoms. The molecule has 0 aliphatic carbocycles. The third kappa shape index (κ3) is 2.40. The van der Waals surface area contributed by atoms with Crippen molar-refractivity contribution in [2.45, 2.75) is 26.3 Å². The van der Waals surface area contributed by atoms with E-state index in [1.54, 1.807) is 13.0 Å². The molecular formula is C15H15N3O3. The van der Waals surface area contributed by atoms with E-state index in [-0.39, 0.29) is 11.8 Å². The molecule has 3 rings (SSSR count). The Morgan fingerprint density at radius 3 is 2.81 bits per heavy atom. The molecule has 0 radical (unpaired) electrons. The van der Waals surface area contributed by atoms with E-state index in [1.165, 1.54) is 11.8 Å². The van der Waals surface area contributed by atoms with Gasteiger partial charge in [-0.15, -0.1) is 0 Å². The monoisotopic (exact) mass is 285 g/mol. The van der Waals surface area contributed by atoms with Gasteiger partial charge >= 0.3 is 0 Å². The van der Waals surface area contributed by atoms with Crippen molar-refractivity contribution in [3.63, 3.8) is 0 Å². The van der Waals surface area contributed by atoms with Gasteiger partial charge in [-0.05, 0) is 18.6 Å². The van der Waals surface area contributed by atoms with Crippen molar-refractivity contribution in [3.8, 4) is 0 Å². The first-order valence-corrected chi connectivity index (χ1v) is 6.68. The highest BCUT2D eigenvalue weighted by atomic mass is 16.5. The van der Waals surface area contributed by atoms with Crippen LogP contribution in [0.3, 0.4) is 0 Å². The summed E-state index contributed by atoms with van der Waals surface area (Å²) < 4.78 is 4.92. The van der Waals surface area contributed by atoms with E-state index in [0.717, 1.165) is 11.3 Å². The summed E-state index contributed by atoms with van der Waals surface area (Å²) in [5.41, 5.74) is 1.78. The van der Waals surface area contributed by atoms with Crippen LogP contribution in [0.15, 0.2) is 34.9 Å². The minimum absolute atomic E-state index is 0.156. The molecule has 6 heteroatoms. The number of carbonyl (C=O) groups is 2. The van der Waals surface area contributed by atoms with Crippen LogP contribution in [0.4, 0.5) is 11.5 Å². The quantitative estimate of drug-likeness (QED) is 0.914. The van der Waals surface area contributed by atoms with Crippen LogP contribution >= 0.6 is 0 Å². The van der Waals surface area contributed by atoms with E-state index < -0.39 is 6.04 Å². The Hall–Kier alpha value is -2.63. The second-order valence-corrected chi connectivity index (χ2v) is 5.05. The molecule has 0 fully saturated rings. The molecule has 21 heavy (non-hydrogen) atoms. The smallest absolute Gasteiger partial charge is 0.249 e. The molecule has 1 N–H and O–H groups in total. The molecule has 0 saturated heterocycles. The lowest BCUT2D eigenvalue weighted by Gasteiger charge is -2.22. The third-order valence-corrected chi connectivity index (χ3v) is 3.50. The SMILES string of the molecule is CC(=O)N1c2ccccc2CC1C(=O)Nc1cc(C)on1. The van der Waals surface area contributed by atoms with Gasteiger partial charge in [0.1, 0.15) is 11.8 Å². The van der Waals surface area contributed by atoms with Gasteiger partial charge in [-0.2, -0.15) is 0 Å². The average molecular weight is 285 g/mol. The Morgan fingerprint density at radius 2 is 2.14 bits per heavy atom. The Labute approximate surface area is 121 Å². The first kappa shape index (κ1) is 13.4. The van der Waals surface area contributed by atoms with Crippen molar-refractivity contribution < 1.29 is 14.1 Å². The molecule has 1 aromatic heterocycles. The zero-order valence-corrected chi connectivity index (χ0v) is 11.8. The predicted octanol–water partition coefficient (Wildman–Crippen LogP) is 1.90. The van der Waals surface area contributed by atoms with Crippen molar-refractivity contribution in [1.29, 1.82) is 0 Å². The average Bonchev–Trinajstić information content (AvgIpc) is 3.02. The van der Waals surface area contributed by atoms with Crippen molar-refractivity contribution in [2.24, 2.45) is 0 Å². The molecule has 0 bridgehead atoms. The van der Waals surface area contributed by atoms with Crippen LogP contribution in [-0.4, -0.2) is 23.0 Å². The van der Waals surface area contributed by atoms with Crippen LogP contribution in [0.5, 0.6) is 0 Å². The highest BCUT2D eigenvalue weighted by molar-refractivity contribution is 6.06. The molecule has 1 aliphatic heterocycles. The number of aryl methyl sites for hydroxylation is 1. The lowest BCUT2D eigenvalue weighted by atomic mass is 10.1. The standard InChI is InChI=1S/C15H15N3O3/c1-9-7-14(17-21-9)16-15(20)13-8-11-5-3-4-6-12(11)18(13)10(2)19/h3-7,13H,8H2,1-2H3,(H,16,17,20). The Balaban J connectivity index is 1.85. The van der Waals surface area contributed by atoms with E-state index >= 15 is 0 Å². The van der Waals surface area contributed by atoms with Crippen molar-refractivity contribution in [1.82, 2.24) is 5.16 Å². The number of rotatable bonds is 2. The first-order chi connectivity index (χ1) is 10.1. The van der Waals surface area contributed by atoms with Crippen LogP contribution < -0.4 is 10.2 Å². The summed E-state index contributed by atoms with van der Waals surface area (Å²) >= 11 is 0. The summed E-state index contributed by atoms with van der Waals surface area (Å²) in [6.07, 6.45) is 0.498. The molecule has 1 unspecified atom stereocenters. The Bertz CT molecular complexity index is 708. The molecule has 108 valence electrons. The highest BCUT2D eigenvalue weighted by Gasteiger charge is 2.36. The molecule has 1 aromatic carbocycles. The van der Waals surface area contributed by atoms with Gasteiger partial charge in [-0.25, -0.2) is 0 Å². The zero-order chi connectivity index (χ0) is 15.0. The van der Waals surface area contributed by atoms with Crippen LogP contribution in [-0.2, 0) is 16.0 Å². The summed E-state index contributed by atoms with van der Waals surface area (Å²) in [4.78, 5) is 25.8. The fraction of sp³-hybridized carbons (Fsp3) is 0.267. The van der Waals surface area contributed by atoms with Gasteiger partial charge in [-0.3, -0.25) is 14.5 Å². The summed E-state index contributed by atoms with van der Waals surface area (Å²) in [6, 6.07) is 8.62. The van der Waals surface area contributed by atoms with Crippen molar-refractivity contribution in [2.75, 3.05) is 10.2 Å². The number of aromatic nitrogens is 1. The normalized spacial score (nSPS) is 16.7. The highest BCUT2D eigenvalue weighted by Crippen LogP contribution is 2.32. The van der Waals surface area contributed by atoms with Gasteiger partial charge in [0.05, 0.1) is 0 Å². The summed E-state index contributed by atoms with van der Waals surface area (Å²) in [5.74, 6) is 0.548. The first-order valence-electron chi connectivity index (χ1n) is 6.68. The maximum absolute atomic E-state index is 12.4. The lowest BCUT2D eigenvalue weighted by molar-refractivity contribution is -0.122. The molecular weight excluding hydrogens is 270 g/mol. The van der Waals surface area contributed by atoms with Gasteiger partial charge in [0.25, 0.3) is 0 Å². The summed E-state index contributed by atoms with van der Waals surface area (Å²) in [7, 11) is 0. The fourth-order valence-corrected chi connectivity index (χ4v) is 2.62. The fourth-order valence-electron chi connectivity index (χ4n) is 2.62. The van der Waals surface area contributed by atoms with Gasteiger partial charge in [0.15, 0.2) is 5.82 Å². The van der Waals surface area contributed by atoms with E-state index in [4.69, 9.17) is 4.52 Å². The second-order valence-electron chi connectivity index (χ2n) is 5.05. The number of nitrogens with zero attached hydrogens (tertiary/aromatic N) is 2. The second kappa shape index (κ2) is 5.05.